The van der Waals surface area contributed by atoms with Crippen molar-refractivity contribution in [2.75, 3.05) is 6.54 Å². The van der Waals surface area contributed by atoms with Crippen molar-refractivity contribution >= 4 is 11.6 Å². The minimum absolute atomic E-state index is 0.397. The summed E-state index contributed by atoms with van der Waals surface area (Å²) in [5, 5.41) is 4.77. The van der Waals surface area contributed by atoms with Crippen molar-refractivity contribution in [1.29, 1.82) is 0 Å². The van der Waals surface area contributed by atoms with Gasteiger partial charge in [0.25, 0.3) is 0 Å². The lowest BCUT2D eigenvalue weighted by molar-refractivity contribution is 0.329. The summed E-state index contributed by atoms with van der Waals surface area (Å²) in [6.45, 7) is 5.04. The van der Waals surface area contributed by atoms with Crippen molar-refractivity contribution in [2.45, 2.75) is 33.1 Å². The second-order valence-electron chi connectivity index (χ2n) is 5.84. The molecule has 1 aromatic carbocycles. The number of benzene rings is 1. The molecule has 2 aromatic rings. The van der Waals surface area contributed by atoms with Crippen LogP contribution in [0, 0.1) is 11.8 Å². The Balaban J connectivity index is 1.95. The normalized spacial score (nSPS) is 12.8. The van der Waals surface area contributed by atoms with Gasteiger partial charge in [-0.1, -0.05) is 42.7 Å². The van der Waals surface area contributed by atoms with Gasteiger partial charge in [-0.2, -0.15) is 4.98 Å². The van der Waals surface area contributed by atoms with Crippen molar-refractivity contribution in [3.05, 3.63) is 46.6 Å². The number of rotatable bonds is 7. The van der Waals surface area contributed by atoms with Gasteiger partial charge in [0.05, 0.1) is 0 Å². The zero-order chi connectivity index (χ0) is 15.2. The molecule has 0 aliphatic rings. The summed E-state index contributed by atoms with van der Waals surface area (Å²) in [4.78, 5) is 4.46. The van der Waals surface area contributed by atoms with E-state index in [1.807, 2.05) is 24.3 Å². The van der Waals surface area contributed by atoms with Gasteiger partial charge < -0.3 is 10.3 Å². The van der Waals surface area contributed by atoms with Gasteiger partial charge in [-0.3, -0.25) is 0 Å². The van der Waals surface area contributed by atoms with E-state index >= 15 is 0 Å². The second kappa shape index (κ2) is 7.57. The van der Waals surface area contributed by atoms with Crippen LogP contribution in [0.3, 0.4) is 0 Å². The molecule has 0 fully saturated rings. The molecule has 0 amide bonds. The molecular weight excluding hydrogens is 286 g/mol. The van der Waals surface area contributed by atoms with Crippen LogP contribution in [0.4, 0.5) is 0 Å². The topological polar surface area (TPSA) is 64.9 Å². The Bertz CT molecular complexity index is 551. The standard InChI is InChI=1S/C16H22ClN3O/c1-11(2)7-13(10-18)9-16-19-15(20-21-16)8-12-3-5-14(17)6-4-12/h3-6,11,13H,7-10,18H2,1-2H3/t13-/m0/s1. The van der Waals surface area contributed by atoms with Crippen molar-refractivity contribution in [2.24, 2.45) is 17.6 Å². The number of halogens is 1. The van der Waals surface area contributed by atoms with Crippen LogP contribution in [-0.4, -0.2) is 16.7 Å². The summed E-state index contributed by atoms with van der Waals surface area (Å²) >= 11 is 5.87. The molecule has 2 N–H and O–H groups in total. The highest BCUT2D eigenvalue weighted by Gasteiger charge is 2.15. The highest BCUT2D eigenvalue weighted by molar-refractivity contribution is 6.30. The van der Waals surface area contributed by atoms with Crippen LogP contribution in [0.15, 0.2) is 28.8 Å². The monoisotopic (exact) mass is 307 g/mol. The third kappa shape index (κ3) is 5.14. The maximum absolute atomic E-state index is 5.87. The first-order chi connectivity index (χ1) is 10.1. The molecule has 1 aromatic heterocycles. The summed E-state index contributed by atoms with van der Waals surface area (Å²) in [6.07, 6.45) is 2.48. The minimum atomic E-state index is 0.397. The maximum atomic E-state index is 5.87. The largest absolute Gasteiger partial charge is 0.339 e. The van der Waals surface area contributed by atoms with Gasteiger partial charge in [0.15, 0.2) is 5.82 Å². The molecule has 0 radical (unpaired) electrons. The molecular formula is C16H22ClN3O. The highest BCUT2D eigenvalue weighted by atomic mass is 35.5. The molecule has 0 saturated heterocycles. The average Bonchev–Trinajstić information content (AvgIpc) is 2.87. The Morgan fingerprint density at radius 3 is 2.57 bits per heavy atom. The number of hydrogen-bond acceptors (Lipinski definition) is 4. The van der Waals surface area contributed by atoms with Gasteiger partial charge in [0, 0.05) is 17.9 Å². The van der Waals surface area contributed by atoms with Crippen LogP contribution in [-0.2, 0) is 12.8 Å². The summed E-state index contributed by atoms with van der Waals surface area (Å²) < 4.78 is 5.33. The van der Waals surface area contributed by atoms with E-state index in [4.69, 9.17) is 21.9 Å². The van der Waals surface area contributed by atoms with Gasteiger partial charge in [-0.15, -0.1) is 0 Å². The van der Waals surface area contributed by atoms with E-state index in [2.05, 4.69) is 24.0 Å². The van der Waals surface area contributed by atoms with Crippen molar-refractivity contribution in [3.8, 4) is 0 Å². The molecule has 21 heavy (non-hydrogen) atoms. The zero-order valence-corrected chi connectivity index (χ0v) is 13.3. The predicted octanol–water partition coefficient (Wildman–Crippen LogP) is 3.48. The first-order valence-corrected chi connectivity index (χ1v) is 7.70. The van der Waals surface area contributed by atoms with Gasteiger partial charge in [-0.05, 0) is 42.5 Å². The van der Waals surface area contributed by atoms with Gasteiger partial charge in [0.1, 0.15) is 0 Å². The van der Waals surface area contributed by atoms with Crippen LogP contribution in [0.1, 0.15) is 37.5 Å². The fourth-order valence-electron chi connectivity index (χ4n) is 2.41. The van der Waals surface area contributed by atoms with E-state index in [1.165, 1.54) is 0 Å². The second-order valence-corrected chi connectivity index (χ2v) is 6.28. The first kappa shape index (κ1) is 16.0. The number of nitrogens with zero attached hydrogens (tertiary/aromatic N) is 2. The Morgan fingerprint density at radius 2 is 1.95 bits per heavy atom. The summed E-state index contributed by atoms with van der Waals surface area (Å²) in [5.74, 6) is 2.39. The predicted molar refractivity (Wildman–Crippen MR) is 84.3 cm³/mol. The summed E-state index contributed by atoms with van der Waals surface area (Å²) in [5.41, 5.74) is 6.93. The van der Waals surface area contributed by atoms with E-state index in [-0.39, 0.29) is 0 Å². The fourth-order valence-corrected chi connectivity index (χ4v) is 2.53. The third-order valence-corrected chi connectivity index (χ3v) is 3.64. The van der Waals surface area contributed by atoms with Crippen LogP contribution >= 0.6 is 11.6 Å². The van der Waals surface area contributed by atoms with Crippen molar-refractivity contribution in [1.82, 2.24) is 10.1 Å². The summed E-state index contributed by atoms with van der Waals surface area (Å²) in [6, 6.07) is 7.68. The molecule has 5 heteroatoms. The van der Waals surface area contributed by atoms with Gasteiger partial charge in [-0.25, -0.2) is 0 Å². The lowest BCUT2D eigenvalue weighted by atomic mass is 9.94. The van der Waals surface area contributed by atoms with Crippen LogP contribution in [0.25, 0.3) is 0 Å². The number of hydrogen-bond donors (Lipinski definition) is 1. The van der Waals surface area contributed by atoms with Crippen LogP contribution in [0.5, 0.6) is 0 Å². The highest BCUT2D eigenvalue weighted by Crippen LogP contribution is 2.17. The lowest BCUT2D eigenvalue weighted by Gasteiger charge is -2.14. The van der Waals surface area contributed by atoms with E-state index in [9.17, 15) is 0 Å². The average molecular weight is 308 g/mol. The van der Waals surface area contributed by atoms with E-state index in [1.54, 1.807) is 0 Å². The molecule has 0 aliphatic heterocycles. The molecule has 1 heterocycles. The van der Waals surface area contributed by atoms with Crippen LogP contribution < -0.4 is 5.73 Å². The summed E-state index contributed by atoms with van der Waals surface area (Å²) in [7, 11) is 0. The molecule has 0 unspecified atom stereocenters. The van der Waals surface area contributed by atoms with E-state index in [0.29, 0.717) is 36.5 Å². The molecule has 114 valence electrons. The third-order valence-electron chi connectivity index (χ3n) is 3.39. The van der Waals surface area contributed by atoms with E-state index in [0.717, 1.165) is 23.4 Å². The Hall–Kier alpha value is -1.39. The van der Waals surface area contributed by atoms with Gasteiger partial charge >= 0.3 is 0 Å². The van der Waals surface area contributed by atoms with Gasteiger partial charge in [0.2, 0.25) is 5.89 Å². The maximum Gasteiger partial charge on any atom is 0.226 e. The smallest absolute Gasteiger partial charge is 0.226 e. The number of nitrogens with two attached hydrogens (primary N) is 1. The SMILES string of the molecule is CC(C)C[C@H](CN)Cc1nc(Cc2ccc(Cl)cc2)no1. The van der Waals surface area contributed by atoms with Crippen molar-refractivity contribution < 1.29 is 4.52 Å². The molecule has 0 spiro atoms. The molecule has 4 nitrogen and oxygen atoms in total. The number of aromatic nitrogens is 2. The Morgan fingerprint density at radius 1 is 1.24 bits per heavy atom. The fraction of sp³-hybridized carbons (Fsp3) is 0.500. The van der Waals surface area contributed by atoms with Crippen LogP contribution in [0.2, 0.25) is 5.02 Å². The Kier molecular flexibility index (Phi) is 5.76. The molecule has 0 bridgehead atoms. The zero-order valence-electron chi connectivity index (χ0n) is 12.6. The quantitative estimate of drug-likeness (QED) is 0.850. The minimum Gasteiger partial charge on any atom is -0.339 e. The lowest BCUT2D eigenvalue weighted by Crippen LogP contribution is -2.19. The van der Waals surface area contributed by atoms with Crippen molar-refractivity contribution in [3.63, 3.8) is 0 Å². The molecule has 0 aliphatic carbocycles. The molecule has 2 rings (SSSR count). The molecule has 0 saturated carbocycles. The first-order valence-electron chi connectivity index (χ1n) is 7.32. The Labute approximate surface area is 130 Å². The molecule has 1 atom stereocenters. The van der Waals surface area contributed by atoms with E-state index < -0.39 is 0 Å².